The van der Waals surface area contributed by atoms with Gasteiger partial charge in [-0.25, -0.2) is 4.68 Å². The number of aromatic nitrogens is 3. The molecule has 2 aromatic carbocycles. The molecular weight excluding hydrogens is 364 g/mol. The number of carbonyl (C=O) groups is 1. The van der Waals surface area contributed by atoms with Crippen LogP contribution in [0.25, 0.3) is 16.9 Å². The molecule has 2 heterocycles. The number of benzene rings is 2. The number of rotatable bonds is 5. The highest BCUT2D eigenvalue weighted by molar-refractivity contribution is 5.94. The Balaban J connectivity index is 1.63. The molecule has 4 aromatic rings. The largest absolute Gasteiger partial charge is 0.348 e. The second-order valence-electron chi connectivity index (χ2n) is 6.70. The molecule has 6 nitrogen and oxygen atoms in total. The Morgan fingerprint density at radius 3 is 2.38 bits per heavy atom. The van der Waals surface area contributed by atoms with Crippen LogP contribution in [-0.4, -0.2) is 20.3 Å². The molecule has 29 heavy (non-hydrogen) atoms. The summed E-state index contributed by atoms with van der Waals surface area (Å²) < 4.78 is 3.23. The van der Waals surface area contributed by atoms with Crippen LogP contribution >= 0.6 is 0 Å². The third-order valence-corrected chi connectivity index (χ3v) is 4.66. The zero-order valence-electron chi connectivity index (χ0n) is 15.9. The minimum absolute atomic E-state index is 0.223. The van der Waals surface area contributed by atoms with Gasteiger partial charge >= 0.3 is 0 Å². The first-order valence-corrected chi connectivity index (χ1v) is 9.26. The highest BCUT2D eigenvalue weighted by atomic mass is 16.2. The second kappa shape index (κ2) is 7.98. The number of pyridine rings is 1. The standard InChI is InChI=1S/C23H20N4O2/c1-26-13-12-18(14-21(26)28)23(29)24-15-19-16-27(20-10-6-3-7-11-20)25-22(19)17-8-4-2-5-9-17/h2-14,16H,15H2,1H3,(H,24,29). The molecular formula is C23H20N4O2. The average Bonchev–Trinajstić information content (AvgIpc) is 3.19. The van der Waals surface area contributed by atoms with Crippen molar-refractivity contribution in [2.45, 2.75) is 6.54 Å². The second-order valence-corrected chi connectivity index (χ2v) is 6.70. The van der Waals surface area contributed by atoms with Gasteiger partial charge in [-0.15, -0.1) is 0 Å². The first-order chi connectivity index (χ1) is 14.1. The van der Waals surface area contributed by atoms with Crippen molar-refractivity contribution in [1.82, 2.24) is 19.7 Å². The lowest BCUT2D eigenvalue weighted by atomic mass is 10.1. The lowest BCUT2D eigenvalue weighted by Crippen LogP contribution is -2.25. The molecule has 6 heteroatoms. The van der Waals surface area contributed by atoms with Crippen molar-refractivity contribution >= 4 is 5.91 Å². The fourth-order valence-electron chi connectivity index (χ4n) is 3.06. The van der Waals surface area contributed by atoms with Gasteiger partial charge in [-0.2, -0.15) is 5.10 Å². The molecule has 0 bridgehead atoms. The monoisotopic (exact) mass is 384 g/mol. The van der Waals surface area contributed by atoms with E-state index in [-0.39, 0.29) is 11.5 Å². The predicted molar refractivity (Wildman–Crippen MR) is 112 cm³/mol. The van der Waals surface area contributed by atoms with E-state index in [1.54, 1.807) is 19.3 Å². The number of amides is 1. The molecule has 0 aliphatic heterocycles. The molecule has 0 aliphatic carbocycles. The van der Waals surface area contributed by atoms with E-state index in [2.05, 4.69) is 5.32 Å². The van der Waals surface area contributed by atoms with Crippen LogP contribution in [0.1, 0.15) is 15.9 Å². The van der Waals surface area contributed by atoms with Gasteiger partial charge in [0.15, 0.2) is 0 Å². The fraction of sp³-hybridized carbons (Fsp3) is 0.0870. The summed E-state index contributed by atoms with van der Waals surface area (Å²) in [6.45, 7) is 0.297. The maximum absolute atomic E-state index is 12.5. The Hall–Kier alpha value is -3.93. The molecule has 0 saturated carbocycles. The Morgan fingerprint density at radius 1 is 1.00 bits per heavy atom. The quantitative estimate of drug-likeness (QED) is 0.575. The third kappa shape index (κ3) is 4.01. The summed E-state index contributed by atoms with van der Waals surface area (Å²) in [5, 5.41) is 7.64. The van der Waals surface area contributed by atoms with Gasteiger partial charge in [-0.3, -0.25) is 9.59 Å². The van der Waals surface area contributed by atoms with Gasteiger partial charge in [0.2, 0.25) is 0 Å². The van der Waals surface area contributed by atoms with Crippen LogP contribution in [0.4, 0.5) is 0 Å². The van der Waals surface area contributed by atoms with Gasteiger partial charge in [0.1, 0.15) is 0 Å². The van der Waals surface area contributed by atoms with Crippen molar-refractivity contribution in [2.24, 2.45) is 7.05 Å². The van der Waals surface area contributed by atoms with Crippen molar-refractivity contribution in [1.29, 1.82) is 0 Å². The van der Waals surface area contributed by atoms with E-state index in [1.165, 1.54) is 10.6 Å². The van der Waals surface area contributed by atoms with Gasteiger partial charge in [-0.1, -0.05) is 48.5 Å². The lowest BCUT2D eigenvalue weighted by molar-refractivity contribution is 0.0950. The number of hydrogen-bond donors (Lipinski definition) is 1. The summed E-state index contributed by atoms with van der Waals surface area (Å²) in [6.07, 6.45) is 3.50. The number of para-hydroxylation sites is 1. The van der Waals surface area contributed by atoms with Crippen LogP contribution in [0.2, 0.25) is 0 Å². The van der Waals surface area contributed by atoms with E-state index in [4.69, 9.17) is 5.10 Å². The van der Waals surface area contributed by atoms with Gasteiger partial charge in [0, 0.05) is 48.7 Å². The van der Waals surface area contributed by atoms with Crippen molar-refractivity contribution in [3.05, 3.63) is 107 Å². The van der Waals surface area contributed by atoms with Gasteiger partial charge < -0.3 is 9.88 Å². The van der Waals surface area contributed by atoms with E-state index in [0.29, 0.717) is 12.1 Å². The minimum Gasteiger partial charge on any atom is -0.348 e. The first-order valence-electron chi connectivity index (χ1n) is 9.26. The molecule has 1 N–H and O–H groups in total. The van der Waals surface area contributed by atoms with Crippen LogP contribution in [0.5, 0.6) is 0 Å². The van der Waals surface area contributed by atoms with Crippen LogP contribution in [-0.2, 0) is 13.6 Å². The number of aryl methyl sites for hydroxylation is 1. The van der Waals surface area contributed by atoms with Crippen LogP contribution in [0.3, 0.4) is 0 Å². The molecule has 0 radical (unpaired) electrons. The predicted octanol–water partition coefficient (Wildman–Crippen LogP) is 3.17. The van der Waals surface area contributed by atoms with Gasteiger partial charge in [0.05, 0.1) is 11.4 Å². The van der Waals surface area contributed by atoms with Crippen LogP contribution < -0.4 is 10.9 Å². The van der Waals surface area contributed by atoms with E-state index < -0.39 is 0 Å². The molecule has 2 aromatic heterocycles. The summed E-state index contributed by atoms with van der Waals surface area (Å²) in [7, 11) is 1.65. The molecule has 144 valence electrons. The number of nitrogens with zero attached hydrogens (tertiary/aromatic N) is 3. The molecule has 4 rings (SSSR count). The zero-order valence-corrected chi connectivity index (χ0v) is 15.9. The molecule has 1 amide bonds. The first kappa shape index (κ1) is 18.4. The molecule has 0 atom stereocenters. The summed E-state index contributed by atoms with van der Waals surface area (Å²) >= 11 is 0. The number of hydrogen-bond acceptors (Lipinski definition) is 3. The molecule has 0 saturated heterocycles. The lowest BCUT2D eigenvalue weighted by Gasteiger charge is -2.06. The number of carbonyl (C=O) groups excluding carboxylic acids is 1. The summed E-state index contributed by atoms with van der Waals surface area (Å²) in [6, 6.07) is 22.6. The Morgan fingerprint density at radius 2 is 1.69 bits per heavy atom. The molecule has 0 aliphatic rings. The maximum atomic E-state index is 12.5. The average molecular weight is 384 g/mol. The summed E-state index contributed by atoms with van der Waals surface area (Å²) in [4.78, 5) is 24.3. The Bertz CT molecular complexity index is 1190. The third-order valence-electron chi connectivity index (χ3n) is 4.66. The zero-order chi connectivity index (χ0) is 20.2. The summed E-state index contributed by atoms with van der Waals surface area (Å²) in [5.74, 6) is -0.297. The Kier molecular flexibility index (Phi) is 5.07. The van der Waals surface area contributed by atoms with Crippen LogP contribution in [0.15, 0.2) is 90.0 Å². The Labute approximate surface area is 168 Å². The van der Waals surface area contributed by atoms with Crippen molar-refractivity contribution in [3.63, 3.8) is 0 Å². The highest BCUT2D eigenvalue weighted by Gasteiger charge is 2.14. The highest BCUT2D eigenvalue weighted by Crippen LogP contribution is 2.23. The van der Waals surface area contributed by atoms with E-state index in [9.17, 15) is 9.59 Å². The minimum atomic E-state index is -0.297. The smallest absolute Gasteiger partial charge is 0.251 e. The topological polar surface area (TPSA) is 68.9 Å². The van der Waals surface area contributed by atoms with Gasteiger partial charge in [-0.05, 0) is 18.2 Å². The van der Waals surface area contributed by atoms with Crippen LogP contribution in [0, 0.1) is 0 Å². The normalized spacial score (nSPS) is 10.7. The number of nitrogens with one attached hydrogen (secondary N) is 1. The molecule has 0 unspecified atom stereocenters. The van der Waals surface area contributed by atoms with Crippen molar-refractivity contribution < 1.29 is 4.79 Å². The fourth-order valence-corrected chi connectivity index (χ4v) is 3.06. The summed E-state index contributed by atoms with van der Waals surface area (Å²) in [5.41, 5.74) is 3.72. The van der Waals surface area contributed by atoms with Crippen molar-refractivity contribution in [3.8, 4) is 16.9 Å². The van der Waals surface area contributed by atoms with E-state index in [1.807, 2.05) is 71.5 Å². The SMILES string of the molecule is Cn1ccc(C(=O)NCc2cn(-c3ccccc3)nc2-c2ccccc2)cc1=O. The van der Waals surface area contributed by atoms with E-state index in [0.717, 1.165) is 22.5 Å². The van der Waals surface area contributed by atoms with Crippen molar-refractivity contribution in [2.75, 3.05) is 0 Å². The molecule has 0 spiro atoms. The maximum Gasteiger partial charge on any atom is 0.251 e. The van der Waals surface area contributed by atoms with Gasteiger partial charge in [0.25, 0.3) is 11.5 Å². The molecule has 0 fully saturated rings. The van der Waals surface area contributed by atoms with E-state index >= 15 is 0 Å².